The molecule has 0 rings (SSSR count). The molecule has 0 saturated heterocycles. The Balaban J connectivity index is 4.36. The first-order chi connectivity index (χ1) is 37.0. The molecule has 0 spiro atoms. The SMILES string of the molecule is CC/C=C\C/C=C\C/C=C\C/C=C\C/C=C\C/C=C\CCCCCCCCCCCCC(=O)OCC(COC(=O)CCCCC/C=C\C/C=C\C/C=C\CC)OC(=O)CCCC/C=C\C/C=C\C/C=C\C/C=C\CC. The first kappa shape index (κ1) is 70.0. The third kappa shape index (κ3) is 59.8. The Morgan fingerprint density at radius 3 is 0.787 bits per heavy atom. The van der Waals surface area contributed by atoms with E-state index >= 15 is 0 Å². The molecule has 420 valence electrons. The lowest BCUT2D eigenvalue weighted by Gasteiger charge is -2.18. The van der Waals surface area contributed by atoms with Crippen LogP contribution in [0.15, 0.2) is 158 Å². The van der Waals surface area contributed by atoms with Gasteiger partial charge in [0.25, 0.3) is 0 Å². The molecule has 6 heteroatoms. The van der Waals surface area contributed by atoms with Crippen molar-refractivity contribution in [3.05, 3.63) is 158 Å². The van der Waals surface area contributed by atoms with Crippen molar-refractivity contribution in [3.8, 4) is 0 Å². The molecule has 6 nitrogen and oxygen atoms in total. The number of unbranched alkanes of at least 4 members (excludes halogenated alkanes) is 15. The van der Waals surface area contributed by atoms with E-state index in [9.17, 15) is 14.4 Å². The molecule has 0 N–H and O–H groups in total. The van der Waals surface area contributed by atoms with Crippen molar-refractivity contribution < 1.29 is 28.6 Å². The second kappa shape index (κ2) is 61.6. The number of allylic oxidation sites excluding steroid dienone is 26. The molecule has 0 aromatic heterocycles. The van der Waals surface area contributed by atoms with Crippen LogP contribution >= 0.6 is 0 Å². The van der Waals surface area contributed by atoms with E-state index < -0.39 is 6.10 Å². The van der Waals surface area contributed by atoms with E-state index in [1.807, 2.05) is 0 Å². The standard InChI is InChI=1S/C69H108O6/c1-4-7-10-13-16-19-22-25-27-28-29-30-31-32-33-34-35-36-37-38-39-40-42-44-47-50-53-56-59-62-68(71)74-65-66(64-73-67(70)61-58-55-52-49-46-43-24-21-18-15-12-9-6-3)75-69(72)63-60-57-54-51-48-45-41-26-23-20-17-14-11-8-5-2/h7-12,16-21,25-27,29-30,32-33,35-36,41,43,46,48,51,66H,4-6,13-15,22-24,28,31,34,37-40,42,44-45,47,49-50,52-65H2,1-3H3/b10-7-,11-8-,12-9-,19-16-,20-17-,21-18-,27-25-,30-29-,33-32-,36-35-,41-26-,46-43-,51-48-. The van der Waals surface area contributed by atoms with Crippen molar-refractivity contribution in [1.29, 1.82) is 0 Å². The Labute approximate surface area is 460 Å². The van der Waals surface area contributed by atoms with Crippen LogP contribution in [0.2, 0.25) is 0 Å². The van der Waals surface area contributed by atoms with Crippen molar-refractivity contribution in [2.24, 2.45) is 0 Å². The summed E-state index contributed by atoms with van der Waals surface area (Å²) in [5.74, 6) is -0.997. The largest absolute Gasteiger partial charge is 0.462 e. The molecule has 0 saturated carbocycles. The third-order valence-corrected chi connectivity index (χ3v) is 12.0. The minimum absolute atomic E-state index is 0.113. The molecule has 0 aromatic rings. The van der Waals surface area contributed by atoms with Crippen LogP contribution < -0.4 is 0 Å². The minimum Gasteiger partial charge on any atom is -0.462 e. The Morgan fingerprint density at radius 2 is 0.480 bits per heavy atom. The molecule has 0 aromatic carbocycles. The van der Waals surface area contributed by atoms with Gasteiger partial charge in [0.1, 0.15) is 13.2 Å². The maximum Gasteiger partial charge on any atom is 0.306 e. The first-order valence-corrected chi connectivity index (χ1v) is 30.0. The summed E-state index contributed by atoms with van der Waals surface area (Å²) in [5, 5.41) is 0. The minimum atomic E-state index is -0.821. The fourth-order valence-electron chi connectivity index (χ4n) is 7.63. The fourth-order valence-corrected chi connectivity index (χ4v) is 7.63. The molecule has 0 fully saturated rings. The Bertz CT molecular complexity index is 1710. The zero-order chi connectivity index (χ0) is 54.3. The maximum absolute atomic E-state index is 12.8. The van der Waals surface area contributed by atoms with Crippen LogP contribution in [0.25, 0.3) is 0 Å². The van der Waals surface area contributed by atoms with Crippen molar-refractivity contribution in [2.45, 2.75) is 245 Å². The van der Waals surface area contributed by atoms with Crippen LogP contribution in [0.3, 0.4) is 0 Å². The molecule has 1 atom stereocenters. The highest BCUT2D eigenvalue weighted by molar-refractivity contribution is 5.71. The molecule has 0 radical (unpaired) electrons. The van der Waals surface area contributed by atoms with Crippen LogP contribution in [0.4, 0.5) is 0 Å². The van der Waals surface area contributed by atoms with Gasteiger partial charge in [-0.2, -0.15) is 0 Å². The number of esters is 3. The number of ether oxygens (including phenoxy) is 3. The number of hydrogen-bond donors (Lipinski definition) is 0. The smallest absolute Gasteiger partial charge is 0.306 e. The van der Waals surface area contributed by atoms with Crippen LogP contribution in [0, 0.1) is 0 Å². The van der Waals surface area contributed by atoms with Gasteiger partial charge in [0.15, 0.2) is 6.10 Å². The lowest BCUT2D eigenvalue weighted by atomic mass is 10.1. The Kier molecular flexibility index (Phi) is 57.5. The molecule has 75 heavy (non-hydrogen) atoms. The van der Waals surface area contributed by atoms with E-state index in [2.05, 4.69) is 179 Å². The molecular formula is C69H108O6. The number of carbonyl (C=O) groups excluding carboxylic acids is 3. The summed E-state index contributed by atoms with van der Waals surface area (Å²) in [7, 11) is 0. The molecule has 0 heterocycles. The third-order valence-electron chi connectivity index (χ3n) is 12.0. The monoisotopic (exact) mass is 1030 g/mol. The van der Waals surface area contributed by atoms with Gasteiger partial charge in [0.2, 0.25) is 0 Å². The second-order valence-electron chi connectivity index (χ2n) is 19.1. The van der Waals surface area contributed by atoms with E-state index in [0.717, 1.165) is 148 Å². The predicted octanol–water partition coefficient (Wildman–Crippen LogP) is 20.5. The Hall–Kier alpha value is -4.97. The molecule has 0 aliphatic heterocycles. The van der Waals surface area contributed by atoms with Crippen molar-refractivity contribution in [3.63, 3.8) is 0 Å². The summed E-state index contributed by atoms with van der Waals surface area (Å²) >= 11 is 0. The van der Waals surface area contributed by atoms with Crippen molar-refractivity contribution >= 4 is 17.9 Å². The summed E-state index contributed by atoms with van der Waals surface area (Å²) in [4.78, 5) is 38.2. The highest BCUT2D eigenvalue weighted by atomic mass is 16.6. The normalized spacial score (nSPS) is 13.3. The summed E-state index contributed by atoms with van der Waals surface area (Å²) in [6, 6.07) is 0. The van der Waals surface area contributed by atoms with E-state index in [-0.39, 0.29) is 37.5 Å². The molecule has 0 aliphatic carbocycles. The van der Waals surface area contributed by atoms with Crippen LogP contribution in [0.5, 0.6) is 0 Å². The van der Waals surface area contributed by atoms with Crippen LogP contribution in [-0.2, 0) is 28.6 Å². The highest BCUT2D eigenvalue weighted by Gasteiger charge is 2.19. The molecule has 0 bridgehead atoms. The van der Waals surface area contributed by atoms with Crippen molar-refractivity contribution in [2.75, 3.05) is 13.2 Å². The van der Waals surface area contributed by atoms with Gasteiger partial charge in [-0.05, 0) is 141 Å². The van der Waals surface area contributed by atoms with Gasteiger partial charge in [-0.3, -0.25) is 14.4 Å². The van der Waals surface area contributed by atoms with E-state index in [0.29, 0.717) is 19.3 Å². The fraction of sp³-hybridized carbons (Fsp3) is 0.580. The Morgan fingerprint density at radius 1 is 0.267 bits per heavy atom. The van der Waals surface area contributed by atoms with Crippen LogP contribution in [-0.4, -0.2) is 37.2 Å². The highest BCUT2D eigenvalue weighted by Crippen LogP contribution is 2.14. The van der Waals surface area contributed by atoms with Gasteiger partial charge < -0.3 is 14.2 Å². The van der Waals surface area contributed by atoms with Gasteiger partial charge in [-0.15, -0.1) is 0 Å². The van der Waals surface area contributed by atoms with Gasteiger partial charge in [0.05, 0.1) is 0 Å². The van der Waals surface area contributed by atoms with Gasteiger partial charge in [-0.25, -0.2) is 0 Å². The number of carbonyl (C=O) groups is 3. The molecule has 0 amide bonds. The zero-order valence-corrected chi connectivity index (χ0v) is 48.0. The number of hydrogen-bond acceptors (Lipinski definition) is 6. The van der Waals surface area contributed by atoms with Crippen molar-refractivity contribution in [1.82, 2.24) is 0 Å². The lowest BCUT2D eigenvalue weighted by molar-refractivity contribution is -0.167. The van der Waals surface area contributed by atoms with Crippen LogP contribution in [0.1, 0.15) is 239 Å². The second-order valence-corrected chi connectivity index (χ2v) is 19.1. The predicted molar refractivity (Wildman–Crippen MR) is 325 cm³/mol. The quantitative estimate of drug-likeness (QED) is 0.0261. The van der Waals surface area contributed by atoms with Gasteiger partial charge in [-0.1, -0.05) is 237 Å². The maximum atomic E-state index is 12.8. The summed E-state index contributed by atoms with van der Waals surface area (Å²) < 4.78 is 16.8. The average molecular weight is 1030 g/mol. The van der Waals surface area contributed by atoms with Gasteiger partial charge in [0, 0.05) is 19.3 Å². The van der Waals surface area contributed by atoms with E-state index in [1.54, 1.807) is 0 Å². The van der Waals surface area contributed by atoms with Gasteiger partial charge >= 0.3 is 17.9 Å². The summed E-state index contributed by atoms with van der Waals surface area (Å²) in [6.45, 7) is 6.22. The topological polar surface area (TPSA) is 78.9 Å². The molecule has 1 unspecified atom stereocenters. The van der Waals surface area contributed by atoms with E-state index in [4.69, 9.17) is 14.2 Å². The summed E-state index contributed by atoms with van der Waals surface area (Å²) in [6.07, 6.45) is 89.7. The first-order valence-electron chi connectivity index (χ1n) is 30.0. The average Bonchev–Trinajstić information content (AvgIpc) is 3.41. The lowest BCUT2D eigenvalue weighted by Crippen LogP contribution is -2.30. The summed E-state index contributed by atoms with van der Waals surface area (Å²) in [5.41, 5.74) is 0. The number of rotatable bonds is 52. The molecule has 0 aliphatic rings. The molecular weight excluding hydrogens is 925 g/mol. The van der Waals surface area contributed by atoms with E-state index in [1.165, 1.54) is 44.9 Å². The zero-order valence-electron chi connectivity index (χ0n) is 48.0.